The van der Waals surface area contributed by atoms with Crippen molar-refractivity contribution in [3.63, 3.8) is 0 Å². The monoisotopic (exact) mass is 281 g/mol. The molecule has 1 atom stereocenters. The minimum absolute atomic E-state index is 0.0808. The first kappa shape index (κ1) is 14.3. The number of nitrogens with one attached hydrogen (secondary N) is 1. The lowest BCUT2D eigenvalue weighted by Crippen LogP contribution is -2.22. The van der Waals surface area contributed by atoms with Crippen LogP contribution in [0, 0.1) is 5.82 Å². The van der Waals surface area contributed by atoms with E-state index in [0.717, 1.165) is 18.9 Å². The van der Waals surface area contributed by atoms with E-state index >= 15 is 0 Å². The van der Waals surface area contributed by atoms with Gasteiger partial charge in [-0.3, -0.25) is 4.79 Å². The lowest BCUT2D eigenvalue weighted by atomic mass is 10.1. The maximum Gasteiger partial charge on any atom is 0.227 e. The molecule has 0 spiro atoms. The number of halogens is 1. The molecule has 0 saturated carbocycles. The smallest absolute Gasteiger partial charge is 0.227 e. The number of nitrogens with two attached hydrogens (primary N) is 1. The highest BCUT2D eigenvalue weighted by molar-refractivity contribution is 6.05. The second kappa shape index (κ2) is 6.33. The fourth-order valence-corrected chi connectivity index (χ4v) is 2.10. The molecule has 0 aromatic heterocycles. The molecule has 2 rings (SSSR count). The second-order valence-corrected chi connectivity index (χ2v) is 4.56. The van der Waals surface area contributed by atoms with Crippen LogP contribution in [0.2, 0.25) is 0 Å². The van der Waals surface area contributed by atoms with Crippen LogP contribution in [-0.2, 0) is 9.53 Å². The second-order valence-electron chi connectivity index (χ2n) is 4.56. The van der Waals surface area contributed by atoms with Gasteiger partial charge >= 0.3 is 0 Å². The Kier molecular flexibility index (Phi) is 4.52. The number of nitrogens with zero attached hydrogens (tertiary/aromatic N) is 1. The lowest BCUT2D eigenvalue weighted by Gasteiger charge is -2.12. The van der Waals surface area contributed by atoms with Crippen molar-refractivity contribution >= 4 is 17.4 Å². The molecule has 0 radical (unpaired) electrons. The summed E-state index contributed by atoms with van der Waals surface area (Å²) in [5.74, 6) is -1.06. The zero-order valence-electron chi connectivity index (χ0n) is 10.8. The van der Waals surface area contributed by atoms with Crippen molar-refractivity contribution in [2.45, 2.75) is 25.4 Å². The highest BCUT2D eigenvalue weighted by atomic mass is 19.1. The number of carbonyl (C=O) groups is 1. The van der Waals surface area contributed by atoms with E-state index in [1.165, 1.54) is 12.1 Å². The van der Waals surface area contributed by atoms with Gasteiger partial charge in [-0.2, -0.15) is 0 Å². The standard InChI is InChI=1S/C13H16FN3O3/c14-8-3-4-11(10(6-8)13(15)17-19)16-12(18)7-9-2-1-5-20-9/h3-4,6,9,19H,1-2,5,7H2,(H2,15,17)(H,16,18). The Morgan fingerprint density at radius 3 is 3.05 bits per heavy atom. The van der Waals surface area contributed by atoms with Gasteiger partial charge in [0.25, 0.3) is 0 Å². The molecule has 0 aliphatic carbocycles. The molecule has 1 fully saturated rings. The molecule has 0 bridgehead atoms. The van der Waals surface area contributed by atoms with E-state index < -0.39 is 5.82 Å². The van der Waals surface area contributed by atoms with Crippen molar-refractivity contribution in [2.24, 2.45) is 10.9 Å². The van der Waals surface area contributed by atoms with Gasteiger partial charge in [0, 0.05) is 12.2 Å². The van der Waals surface area contributed by atoms with Gasteiger partial charge in [-0.05, 0) is 31.0 Å². The van der Waals surface area contributed by atoms with E-state index in [0.29, 0.717) is 12.3 Å². The summed E-state index contributed by atoms with van der Waals surface area (Å²) in [4.78, 5) is 11.9. The van der Waals surface area contributed by atoms with Gasteiger partial charge < -0.3 is 21.0 Å². The van der Waals surface area contributed by atoms with Crippen LogP contribution in [0.25, 0.3) is 0 Å². The summed E-state index contributed by atoms with van der Waals surface area (Å²) >= 11 is 0. The molecule has 1 heterocycles. The Hall–Kier alpha value is -2.15. The highest BCUT2D eigenvalue weighted by Crippen LogP contribution is 2.19. The summed E-state index contributed by atoms with van der Waals surface area (Å²) in [5.41, 5.74) is 5.89. The largest absolute Gasteiger partial charge is 0.409 e. The summed E-state index contributed by atoms with van der Waals surface area (Å²) in [6.07, 6.45) is 1.95. The number of amides is 1. The quantitative estimate of drug-likeness (QED) is 0.336. The topological polar surface area (TPSA) is 96.9 Å². The third-order valence-electron chi connectivity index (χ3n) is 3.08. The Morgan fingerprint density at radius 2 is 2.40 bits per heavy atom. The summed E-state index contributed by atoms with van der Waals surface area (Å²) in [5, 5.41) is 14.1. The zero-order chi connectivity index (χ0) is 14.5. The van der Waals surface area contributed by atoms with Crippen LogP contribution in [0.5, 0.6) is 0 Å². The first-order chi connectivity index (χ1) is 9.60. The average molecular weight is 281 g/mol. The molecule has 1 aliphatic rings. The molecular weight excluding hydrogens is 265 g/mol. The number of anilines is 1. The number of rotatable bonds is 4. The van der Waals surface area contributed by atoms with Crippen LogP contribution in [0.1, 0.15) is 24.8 Å². The number of benzene rings is 1. The zero-order valence-corrected chi connectivity index (χ0v) is 10.8. The number of carbonyl (C=O) groups excluding carboxylic acids is 1. The van der Waals surface area contributed by atoms with Crippen LogP contribution in [-0.4, -0.2) is 29.7 Å². The fourth-order valence-electron chi connectivity index (χ4n) is 2.10. The molecule has 20 heavy (non-hydrogen) atoms. The van der Waals surface area contributed by atoms with Crippen molar-refractivity contribution in [3.8, 4) is 0 Å². The van der Waals surface area contributed by atoms with Crippen molar-refractivity contribution in [3.05, 3.63) is 29.6 Å². The van der Waals surface area contributed by atoms with Crippen LogP contribution in [0.3, 0.4) is 0 Å². The number of amidine groups is 1. The molecule has 7 heteroatoms. The minimum Gasteiger partial charge on any atom is -0.409 e. The van der Waals surface area contributed by atoms with Gasteiger partial charge in [0.2, 0.25) is 5.91 Å². The van der Waals surface area contributed by atoms with E-state index in [2.05, 4.69) is 10.5 Å². The maximum atomic E-state index is 13.2. The predicted molar refractivity (Wildman–Crippen MR) is 71.1 cm³/mol. The molecule has 108 valence electrons. The number of oxime groups is 1. The Labute approximate surface area is 115 Å². The Morgan fingerprint density at radius 1 is 1.60 bits per heavy atom. The summed E-state index contributed by atoms with van der Waals surface area (Å²) in [7, 11) is 0. The molecule has 1 aromatic carbocycles. The van der Waals surface area contributed by atoms with E-state index in [4.69, 9.17) is 15.7 Å². The molecule has 1 aromatic rings. The van der Waals surface area contributed by atoms with Gasteiger partial charge in [-0.15, -0.1) is 0 Å². The van der Waals surface area contributed by atoms with E-state index in [1.807, 2.05) is 0 Å². The number of ether oxygens (including phenoxy) is 1. The van der Waals surface area contributed by atoms with Crippen molar-refractivity contribution < 1.29 is 19.1 Å². The molecule has 4 N–H and O–H groups in total. The fraction of sp³-hybridized carbons (Fsp3) is 0.385. The van der Waals surface area contributed by atoms with Crippen molar-refractivity contribution in [2.75, 3.05) is 11.9 Å². The van der Waals surface area contributed by atoms with E-state index in [9.17, 15) is 9.18 Å². The highest BCUT2D eigenvalue weighted by Gasteiger charge is 2.20. The normalized spacial score (nSPS) is 19.1. The third-order valence-corrected chi connectivity index (χ3v) is 3.08. The van der Waals surface area contributed by atoms with Crippen LogP contribution >= 0.6 is 0 Å². The number of hydrogen-bond donors (Lipinski definition) is 3. The van der Waals surface area contributed by atoms with Gasteiger partial charge in [-0.25, -0.2) is 4.39 Å². The summed E-state index contributed by atoms with van der Waals surface area (Å²) in [6, 6.07) is 3.66. The summed E-state index contributed by atoms with van der Waals surface area (Å²) in [6.45, 7) is 0.670. The van der Waals surface area contributed by atoms with Crippen LogP contribution in [0.15, 0.2) is 23.4 Å². The Balaban J connectivity index is 2.09. The average Bonchev–Trinajstić information content (AvgIpc) is 2.92. The first-order valence-electron chi connectivity index (χ1n) is 6.29. The minimum atomic E-state index is -0.538. The summed E-state index contributed by atoms with van der Waals surface area (Å²) < 4.78 is 18.6. The van der Waals surface area contributed by atoms with Crippen LogP contribution in [0.4, 0.5) is 10.1 Å². The van der Waals surface area contributed by atoms with E-state index in [1.54, 1.807) is 0 Å². The maximum absolute atomic E-state index is 13.2. The van der Waals surface area contributed by atoms with E-state index in [-0.39, 0.29) is 29.8 Å². The molecule has 1 unspecified atom stereocenters. The van der Waals surface area contributed by atoms with Gasteiger partial charge in [-0.1, -0.05) is 5.16 Å². The molecule has 1 amide bonds. The molecule has 1 aliphatic heterocycles. The predicted octanol–water partition coefficient (Wildman–Crippen LogP) is 1.43. The SMILES string of the molecule is N/C(=N/O)c1cc(F)ccc1NC(=O)CC1CCCO1. The molecular formula is C13H16FN3O3. The molecule has 1 saturated heterocycles. The number of hydrogen-bond acceptors (Lipinski definition) is 4. The lowest BCUT2D eigenvalue weighted by molar-refractivity contribution is -0.118. The first-order valence-corrected chi connectivity index (χ1v) is 6.29. The van der Waals surface area contributed by atoms with Gasteiger partial charge in [0.1, 0.15) is 5.82 Å². The Bertz CT molecular complexity index is 528. The van der Waals surface area contributed by atoms with Crippen molar-refractivity contribution in [1.82, 2.24) is 0 Å². The van der Waals surface area contributed by atoms with Gasteiger partial charge in [0.15, 0.2) is 5.84 Å². The molecule has 6 nitrogen and oxygen atoms in total. The van der Waals surface area contributed by atoms with Crippen molar-refractivity contribution in [1.29, 1.82) is 0 Å². The third kappa shape index (κ3) is 3.45. The van der Waals surface area contributed by atoms with Crippen LogP contribution < -0.4 is 11.1 Å². The van der Waals surface area contributed by atoms with Gasteiger partial charge in [0.05, 0.1) is 18.2 Å².